The molecule has 4 N–H and O–H groups in total. The molecule has 1 aromatic rings. The van der Waals surface area contributed by atoms with Crippen molar-refractivity contribution < 1.29 is 24.3 Å². The number of nitrogens with one attached hydrogen (secondary N) is 3. The summed E-state index contributed by atoms with van der Waals surface area (Å²) >= 11 is 0. The molecule has 9 heteroatoms. The Hall–Kier alpha value is -3.10. The predicted molar refractivity (Wildman–Crippen MR) is 127 cm³/mol. The number of hydrogen-bond donors (Lipinski definition) is 4. The molecule has 0 bridgehead atoms. The topological polar surface area (TPSA) is 128 Å². The van der Waals surface area contributed by atoms with Crippen molar-refractivity contribution in [3.63, 3.8) is 0 Å². The fraction of sp³-hybridized carbons (Fsp3) is 0.583. The van der Waals surface area contributed by atoms with Crippen molar-refractivity contribution in [1.82, 2.24) is 10.6 Å². The Morgan fingerprint density at radius 2 is 1.55 bits per heavy atom. The van der Waals surface area contributed by atoms with Crippen LogP contribution < -0.4 is 20.9 Å². The minimum Gasteiger partial charge on any atom is -0.480 e. The Bertz CT molecular complexity index is 883. The number of carbonyl (C=O) groups excluding carboxylic acids is 3. The normalized spacial score (nSPS) is 17.4. The highest BCUT2D eigenvalue weighted by molar-refractivity contribution is 6.12. The number of nitrogens with zero attached hydrogens (tertiary/aromatic N) is 1. The fourth-order valence-corrected chi connectivity index (χ4v) is 3.99. The summed E-state index contributed by atoms with van der Waals surface area (Å²) in [6.07, 6.45) is 0.595. The third kappa shape index (κ3) is 6.69. The van der Waals surface area contributed by atoms with Crippen LogP contribution in [0.1, 0.15) is 54.4 Å². The summed E-state index contributed by atoms with van der Waals surface area (Å²) in [6.45, 7) is 11.3. The predicted octanol–water partition coefficient (Wildman–Crippen LogP) is 3.21. The molecule has 0 aromatic heterocycles. The van der Waals surface area contributed by atoms with Gasteiger partial charge in [0.05, 0.1) is 11.4 Å². The summed E-state index contributed by atoms with van der Waals surface area (Å²) in [7, 11) is 0. The van der Waals surface area contributed by atoms with E-state index in [0.29, 0.717) is 17.8 Å². The van der Waals surface area contributed by atoms with Crippen LogP contribution in [0.2, 0.25) is 0 Å². The van der Waals surface area contributed by atoms with Crippen molar-refractivity contribution in [1.29, 1.82) is 0 Å². The second-order valence-corrected chi connectivity index (χ2v) is 9.73. The maximum atomic E-state index is 13.5. The first kappa shape index (κ1) is 26.2. The van der Waals surface area contributed by atoms with E-state index in [0.717, 1.165) is 0 Å². The molecule has 0 unspecified atom stereocenters. The quantitative estimate of drug-likeness (QED) is 0.450. The fourth-order valence-electron chi connectivity index (χ4n) is 3.99. The van der Waals surface area contributed by atoms with Gasteiger partial charge in [0, 0.05) is 0 Å². The Morgan fingerprint density at radius 1 is 0.970 bits per heavy atom. The van der Waals surface area contributed by atoms with E-state index in [4.69, 9.17) is 0 Å². The molecule has 1 aromatic carbocycles. The molecule has 9 nitrogen and oxygen atoms in total. The lowest BCUT2D eigenvalue weighted by molar-refractivity contribution is -0.142. The summed E-state index contributed by atoms with van der Waals surface area (Å²) < 4.78 is 0. The van der Waals surface area contributed by atoms with Gasteiger partial charge in [-0.25, -0.2) is 9.59 Å². The van der Waals surface area contributed by atoms with Crippen LogP contribution in [0.25, 0.3) is 0 Å². The smallest absolute Gasteiger partial charge is 0.326 e. The maximum Gasteiger partial charge on any atom is 0.326 e. The Balaban J connectivity index is 2.32. The van der Waals surface area contributed by atoms with Crippen molar-refractivity contribution in [2.24, 2.45) is 17.8 Å². The Labute approximate surface area is 195 Å². The molecule has 182 valence electrons. The van der Waals surface area contributed by atoms with Gasteiger partial charge in [0.15, 0.2) is 0 Å². The van der Waals surface area contributed by atoms with E-state index in [9.17, 15) is 24.3 Å². The van der Waals surface area contributed by atoms with Crippen LogP contribution in [0.3, 0.4) is 0 Å². The number of para-hydroxylation sites is 2. The number of aliphatic carboxylic acids is 1. The summed E-state index contributed by atoms with van der Waals surface area (Å²) in [5, 5.41) is 17.7. The van der Waals surface area contributed by atoms with Crippen LogP contribution in [0.5, 0.6) is 0 Å². The van der Waals surface area contributed by atoms with E-state index in [1.54, 1.807) is 24.3 Å². The van der Waals surface area contributed by atoms with Gasteiger partial charge in [-0.2, -0.15) is 0 Å². The van der Waals surface area contributed by atoms with Gasteiger partial charge in [-0.3, -0.25) is 14.5 Å². The van der Waals surface area contributed by atoms with Crippen LogP contribution in [0, 0.1) is 17.8 Å². The SMILES string of the molecule is CC(C)C[C@H](NC(=O)[C@@H](CC(C)C)NC(=O)N1c2ccccc2NC(=O)[C@@H]1C(C)C)C(=O)O. The molecule has 2 rings (SSSR count). The van der Waals surface area contributed by atoms with Crippen LogP contribution in [-0.4, -0.2) is 47.0 Å². The van der Waals surface area contributed by atoms with E-state index in [-0.39, 0.29) is 30.1 Å². The lowest BCUT2D eigenvalue weighted by atomic mass is 9.97. The van der Waals surface area contributed by atoms with Crippen LogP contribution in [-0.2, 0) is 14.4 Å². The lowest BCUT2D eigenvalue weighted by Crippen LogP contribution is -2.60. The molecule has 0 radical (unpaired) electrons. The number of anilines is 2. The van der Waals surface area contributed by atoms with Gasteiger partial charge in [0.1, 0.15) is 18.1 Å². The van der Waals surface area contributed by atoms with Crippen LogP contribution in [0.4, 0.5) is 16.2 Å². The highest BCUT2D eigenvalue weighted by Crippen LogP contribution is 2.34. The van der Waals surface area contributed by atoms with E-state index in [2.05, 4.69) is 16.0 Å². The number of carboxylic acid groups (broad SMARTS) is 1. The molecular weight excluding hydrogens is 424 g/mol. The van der Waals surface area contributed by atoms with Crippen molar-refractivity contribution in [2.75, 3.05) is 10.2 Å². The first-order valence-corrected chi connectivity index (χ1v) is 11.4. The van der Waals surface area contributed by atoms with Crippen molar-refractivity contribution in [3.05, 3.63) is 24.3 Å². The standard InChI is InChI=1S/C24H36N4O5/c1-13(2)11-17(21(29)26-18(23(31)32)12-14(3)4)27-24(33)28-19-10-8-7-9-16(19)25-22(30)20(28)15(5)6/h7-10,13-15,17-18,20H,11-12H2,1-6H3,(H,25,30)(H,26,29)(H,27,33)(H,31,32)/t17-,18+,20+/m1/s1. The van der Waals surface area contributed by atoms with Crippen molar-refractivity contribution in [3.8, 4) is 0 Å². The molecule has 4 amide bonds. The molecule has 0 saturated carbocycles. The van der Waals surface area contributed by atoms with Gasteiger partial charge in [0.25, 0.3) is 0 Å². The van der Waals surface area contributed by atoms with Gasteiger partial charge in [0.2, 0.25) is 11.8 Å². The summed E-state index contributed by atoms with van der Waals surface area (Å²) in [5.74, 6) is -2.02. The maximum absolute atomic E-state index is 13.5. The first-order valence-electron chi connectivity index (χ1n) is 11.4. The van der Waals surface area contributed by atoms with E-state index >= 15 is 0 Å². The number of urea groups is 1. The average Bonchev–Trinajstić information content (AvgIpc) is 2.70. The molecule has 3 atom stereocenters. The second-order valence-electron chi connectivity index (χ2n) is 9.73. The molecule has 1 aliphatic heterocycles. The summed E-state index contributed by atoms with van der Waals surface area (Å²) in [4.78, 5) is 52.3. The first-order chi connectivity index (χ1) is 15.4. The summed E-state index contributed by atoms with van der Waals surface area (Å²) in [5.41, 5.74) is 1.06. The molecule has 0 saturated heterocycles. The number of carbonyl (C=O) groups is 4. The van der Waals surface area contributed by atoms with Gasteiger partial charge >= 0.3 is 12.0 Å². The number of hydrogen-bond acceptors (Lipinski definition) is 4. The van der Waals surface area contributed by atoms with Gasteiger partial charge < -0.3 is 21.1 Å². The van der Waals surface area contributed by atoms with Crippen LogP contribution >= 0.6 is 0 Å². The molecule has 0 spiro atoms. The minimum absolute atomic E-state index is 0.0623. The molecule has 1 aliphatic rings. The third-order valence-corrected chi connectivity index (χ3v) is 5.46. The molecular formula is C24H36N4O5. The number of rotatable bonds is 9. The number of carboxylic acids is 1. The Kier molecular flexibility index (Phi) is 8.84. The molecule has 1 heterocycles. The van der Waals surface area contributed by atoms with Gasteiger partial charge in [-0.05, 0) is 42.7 Å². The zero-order chi connectivity index (χ0) is 24.9. The van der Waals surface area contributed by atoms with E-state index < -0.39 is 36.0 Å². The highest BCUT2D eigenvalue weighted by Gasteiger charge is 2.40. The highest BCUT2D eigenvalue weighted by atomic mass is 16.4. The third-order valence-electron chi connectivity index (χ3n) is 5.46. The zero-order valence-electron chi connectivity index (χ0n) is 20.2. The lowest BCUT2D eigenvalue weighted by Gasteiger charge is -2.39. The number of benzene rings is 1. The van der Waals surface area contributed by atoms with Crippen molar-refractivity contribution >= 4 is 35.2 Å². The number of amides is 4. The average molecular weight is 461 g/mol. The number of fused-ring (bicyclic) bond motifs is 1. The monoisotopic (exact) mass is 460 g/mol. The zero-order valence-corrected chi connectivity index (χ0v) is 20.2. The largest absolute Gasteiger partial charge is 0.480 e. The molecule has 0 aliphatic carbocycles. The Morgan fingerprint density at radius 3 is 2.09 bits per heavy atom. The van der Waals surface area contributed by atoms with E-state index in [1.165, 1.54) is 4.90 Å². The second kappa shape index (κ2) is 11.2. The molecule has 33 heavy (non-hydrogen) atoms. The van der Waals surface area contributed by atoms with Crippen LogP contribution in [0.15, 0.2) is 24.3 Å². The van der Waals surface area contributed by atoms with Gasteiger partial charge in [-0.15, -0.1) is 0 Å². The summed E-state index contributed by atoms with van der Waals surface area (Å²) in [6, 6.07) is 3.67. The van der Waals surface area contributed by atoms with Crippen molar-refractivity contribution in [2.45, 2.75) is 72.5 Å². The molecule has 0 fully saturated rings. The van der Waals surface area contributed by atoms with Gasteiger partial charge in [-0.1, -0.05) is 53.7 Å². The van der Waals surface area contributed by atoms with E-state index in [1.807, 2.05) is 41.5 Å². The minimum atomic E-state index is -1.12.